The third kappa shape index (κ3) is 7.05. The van der Waals surface area contributed by atoms with Gasteiger partial charge in [-0.2, -0.15) is 0 Å². The Bertz CT molecular complexity index is 244. The molecule has 0 saturated carbocycles. The second kappa shape index (κ2) is 9.01. The predicted molar refractivity (Wildman–Crippen MR) is 87.2 cm³/mol. The van der Waals surface area contributed by atoms with Crippen LogP contribution in [-0.2, 0) is 4.74 Å². The topological polar surface area (TPSA) is 24.5 Å². The summed E-state index contributed by atoms with van der Waals surface area (Å²) in [6, 6.07) is 0.604. The number of rotatable bonds is 8. The molecule has 3 heteroatoms. The van der Waals surface area contributed by atoms with Crippen LogP contribution in [0.25, 0.3) is 0 Å². The van der Waals surface area contributed by atoms with Gasteiger partial charge in [0, 0.05) is 19.2 Å². The van der Waals surface area contributed by atoms with E-state index in [1.165, 1.54) is 38.8 Å². The molecule has 0 spiro atoms. The van der Waals surface area contributed by atoms with Crippen LogP contribution in [0.2, 0.25) is 0 Å². The molecule has 120 valence electrons. The van der Waals surface area contributed by atoms with Crippen LogP contribution in [0.4, 0.5) is 0 Å². The Labute approximate surface area is 126 Å². The minimum absolute atomic E-state index is 0.337. The fourth-order valence-electron chi connectivity index (χ4n) is 2.99. The second-order valence-electron chi connectivity index (χ2n) is 7.51. The van der Waals surface area contributed by atoms with Gasteiger partial charge >= 0.3 is 0 Å². The van der Waals surface area contributed by atoms with Gasteiger partial charge < -0.3 is 15.0 Å². The van der Waals surface area contributed by atoms with Gasteiger partial charge in [-0.05, 0) is 57.2 Å². The van der Waals surface area contributed by atoms with E-state index < -0.39 is 0 Å². The molecule has 1 N–H and O–H groups in total. The highest BCUT2D eigenvalue weighted by Crippen LogP contribution is 2.22. The maximum absolute atomic E-state index is 5.58. The quantitative estimate of drug-likeness (QED) is 0.741. The van der Waals surface area contributed by atoms with Crippen molar-refractivity contribution < 1.29 is 4.74 Å². The van der Waals surface area contributed by atoms with Crippen molar-refractivity contribution in [1.82, 2.24) is 10.2 Å². The first kappa shape index (κ1) is 17.9. The van der Waals surface area contributed by atoms with Crippen LogP contribution in [0, 0.1) is 11.3 Å². The fraction of sp³-hybridized carbons (Fsp3) is 1.00. The van der Waals surface area contributed by atoms with Crippen LogP contribution in [0.5, 0.6) is 0 Å². The smallest absolute Gasteiger partial charge is 0.0506 e. The molecule has 0 bridgehead atoms. The van der Waals surface area contributed by atoms with Crippen molar-refractivity contribution in [2.75, 3.05) is 39.9 Å². The largest absolute Gasteiger partial charge is 0.381 e. The molecule has 3 nitrogen and oxygen atoms in total. The molecule has 0 amide bonds. The monoisotopic (exact) mass is 284 g/mol. The standard InChI is InChI=1S/C17H36N2O/c1-6-10-18-16(17(2,3)4)9-11-19(5)13-15-8-7-12-20-14-15/h15-16,18H,6-14H2,1-5H3. The average molecular weight is 284 g/mol. The first-order valence-corrected chi connectivity index (χ1v) is 8.43. The van der Waals surface area contributed by atoms with Gasteiger partial charge in [-0.1, -0.05) is 27.7 Å². The van der Waals surface area contributed by atoms with E-state index in [4.69, 9.17) is 4.74 Å². The minimum Gasteiger partial charge on any atom is -0.381 e. The molecule has 1 heterocycles. The van der Waals surface area contributed by atoms with Crippen molar-refractivity contribution >= 4 is 0 Å². The maximum atomic E-state index is 5.58. The lowest BCUT2D eigenvalue weighted by atomic mass is 9.84. The van der Waals surface area contributed by atoms with Crippen LogP contribution in [-0.4, -0.2) is 50.8 Å². The van der Waals surface area contributed by atoms with Crippen LogP contribution < -0.4 is 5.32 Å². The highest BCUT2D eigenvalue weighted by Gasteiger charge is 2.24. The Kier molecular flexibility index (Phi) is 8.08. The van der Waals surface area contributed by atoms with Crippen molar-refractivity contribution in [2.45, 2.75) is 59.4 Å². The van der Waals surface area contributed by atoms with Crippen LogP contribution in [0.3, 0.4) is 0 Å². The molecule has 1 fully saturated rings. The summed E-state index contributed by atoms with van der Waals surface area (Å²) < 4.78 is 5.58. The summed E-state index contributed by atoms with van der Waals surface area (Å²) >= 11 is 0. The van der Waals surface area contributed by atoms with Crippen molar-refractivity contribution in [3.63, 3.8) is 0 Å². The number of nitrogens with zero attached hydrogens (tertiary/aromatic N) is 1. The lowest BCUT2D eigenvalue weighted by Gasteiger charge is -2.34. The lowest BCUT2D eigenvalue weighted by Crippen LogP contribution is -2.43. The van der Waals surface area contributed by atoms with E-state index in [9.17, 15) is 0 Å². The first-order chi connectivity index (χ1) is 9.43. The molecule has 2 atom stereocenters. The number of nitrogens with one attached hydrogen (secondary N) is 1. The predicted octanol–water partition coefficient (Wildman–Crippen LogP) is 3.15. The summed E-state index contributed by atoms with van der Waals surface area (Å²) in [5, 5.41) is 3.72. The maximum Gasteiger partial charge on any atom is 0.0506 e. The summed E-state index contributed by atoms with van der Waals surface area (Å²) in [4.78, 5) is 2.49. The molecule has 20 heavy (non-hydrogen) atoms. The zero-order chi connectivity index (χ0) is 15.0. The highest BCUT2D eigenvalue weighted by atomic mass is 16.5. The fourth-order valence-corrected chi connectivity index (χ4v) is 2.99. The van der Waals surface area contributed by atoms with E-state index in [0.717, 1.165) is 25.7 Å². The lowest BCUT2D eigenvalue weighted by molar-refractivity contribution is 0.0411. The van der Waals surface area contributed by atoms with Gasteiger partial charge in [0.2, 0.25) is 0 Å². The molecular formula is C17H36N2O. The molecule has 0 aliphatic carbocycles. The van der Waals surface area contributed by atoms with Crippen molar-refractivity contribution in [3.05, 3.63) is 0 Å². The molecule has 1 rings (SSSR count). The number of ether oxygens (including phenoxy) is 1. The third-order valence-electron chi connectivity index (χ3n) is 4.31. The van der Waals surface area contributed by atoms with Gasteiger partial charge in [0.25, 0.3) is 0 Å². The Morgan fingerprint density at radius 1 is 1.35 bits per heavy atom. The molecule has 0 radical (unpaired) electrons. The molecule has 0 aromatic rings. The van der Waals surface area contributed by atoms with Crippen LogP contribution in [0.1, 0.15) is 53.4 Å². The molecule has 2 unspecified atom stereocenters. The van der Waals surface area contributed by atoms with Crippen LogP contribution >= 0.6 is 0 Å². The van der Waals surface area contributed by atoms with E-state index in [0.29, 0.717) is 11.5 Å². The summed E-state index contributed by atoms with van der Waals surface area (Å²) in [5.74, 6) is 0.741. The number of hydrogen-bond acceptors (Lipinski definition) is 3. The van der Waals surface area contributed by atoms with Crippen molar-refractivity contribution in [3.8, 4) is 0 Å². The van der Waals surface area contributed by atoms with E-state index in [2.05, 4.69) is 45.0 Å². The van der Waals surface area contributed by atoms with Crippen molar-refractivity contribution in [2.24, 2.45) is 11.3 Å². The molecule has 1 aliphatic heterocycles. The van der Waals surface area contributed by atoms with E-state index in [-0.39, 0.29) is 0 Å². The Morgan fingerprint density at radius 2 is 2.10 bits per heavy atom. The van der Waals surface area contributed by atoms with E-state index in [1.54, 1.807) is 0 Å². The molecule has 1 aliphatic rings. The normalized spacial score (nSPS) is 22.2. The summed E-state index contributed by atoms with van der Waals surface area (Å²) in [7, 11) is 2.26. The Hall–Kier alpha value is -0.120. The number of hydrogen-bond donors (Lipinski definition) is 1. The minimum atomic E-state index is 0.337. The molecule has 1 saturated heterocycles. The first-order valence-electron chi connectivity index (χ1n) is 8.43. The summed E-state index contributed by atoms with van der Waals surface area (Å²) in [5.41, 5.74) is 0.337. The summed E-state index contributed by atoms with van der Waals surface area (Å²) in [6.45, 7) is 14.7. The van der Waals surface area contributed by atoms with Gasteiger partial charge in [-0.15, -0.1) is 0 Å². The molecular weight excluding hydrogens is 248 g/mol. The van der Waals surface area contributed by atoms with E-state index in [1.807, 2.05) is 0 Å². The third-order valence-corrected chi connectivity index (χ3v) is 4.31. The SMILES string of the molecule is CCCNC(CCN(C)CC1CCCOC1)C(C)(C)C. The van der Waals surface area contributed by atoms with Gasteiger partial charge in [-0.25, -0.2) is 0 Å². The molecule has 0 aromatic heterocycles. The highest BCUT2D eigenvalue weighted by molar-refractivity contribution is 4.81. The van der Waals surface area contributed by atoms with E-state index >= 15 is 0 Å². The zero-order valence-electron chi connectivity index (χ0n) is 14.4. The zero-order valence-corrected chi connectivity index (χ0v) is 14.4. The van der Waals surface area contributed by atoms with Gasteiger partial charge in [0.05, 0.1) is 6.61 Å². The van der Waals surface area contributed by atoms with Gasteiger partial charge in [-0.3, -0.25) is 0 Å². The molecule has 0 aromatic carbocycles. The van der Waals surface area contributed by atoms with Crippen molar-refractivity contribution in [1.29, 1.82) is 0 Å². The summed E-state index contributed by atoms with van der Waals surface area (Å²) in [6.07, 6.45) is 5.01. The second-order valence-corrected chi connectivity index (χ2v) is 7.51. The Morgan fingerprint density at radius 3 is 2.65 bits per heavy atom. The average Bonchev–Trinajstić information content (AvgIpc) is 2.38. The van der Waals surface area contributed by atoms with Crippen LogP contribution in [0.15, 0.2) is 0 Å². The van der Waals surface area contributed by atoms with Gasteiger partial charge in [0.15, 0.2) is 0 Å². The van der Waals surface area contributed by atoms with Gasteiger partial charge in [0.1, 0.15) is 0 Å². The Balaban J connectivity index is 2.29.